The number of aliphatic hydroxyl groups is 2. The first-order valence-corrected chi connectivity index (χ1v) is 6.06. The Labute approximate surface area is 118 Å². The van der Waals surface area contributed by atoms with Crippen LogP contribution in [0.3, 0.4) is 0 Å². The summed E-state index contributed by atoms with van der Waals surface area (Å²) >= 11 is 6.09. The summed E-state index contributed by atoms with van der Waals surface area (Å²) in [4.78, 5) is 0. The predicted molar refractivity (Wildman–Crippen MR) is 78.3 cm³/mol. The summed E-state index contributed by atoms with van der Waals surface area (Å²) in [6.07, 6.45) is 2.51. The lowest BCUT2D eigenvalue weighted by Crippen LogP contribution is -2.06. The molecule has 0 spiro atoms. The molecule has 0 radical (unpaired) electrons. The Kier molecular flexibility index (Phi) is 8.11. The van der Waals surface area contributed by atoms with Gasteiger partial charge in [0.25, 0.3) is 0 Å². The smallest absolute Gasteiger partial charge is 0.0479 e. The summed E-state index contributed by atoms with van der Waals surface area (Å²) in [6, 6.07) is 1.69. The molecular weight excluding hydrogens is 275 g/mol. The van der Waals surface area contributed by atoms with E-state index in [2.05, 4.69) is 0 Å². The maximum Gasteiger partial charge on any atom is 0.0479 e. The van der Waals surface area contributed by atoms with Crippen LogP contribution in [-0.2, 0) is 12.8 Å². The van der Waals surface area contributed by atoms with Crippen molar-refractivity contribution in [1.82, 2.24) is 0 Å². The SMILES string of the molecule is Cl.Nc1cc(Cl)c(CCCO)c(N)c1CCCO. The first kappa shape index (κ1) is 17.3. The lowest BCUT2D eigenvalue weighted by Gasteiger charge is -2.15. The topological polar surface area (TPSA) is 92.5 Å². The number of halogens is 2. The number of nitrogen functional groups attached to an aromatic ring is 2. The molecule has 18 heavy (non-hydrogen) atoms. The van der Waals surface area contributed by atoms with Gasteiger partial charge in [-0.15, -0.1) is 12.4 Å². The summed E-state index contributed by atoms with van der Waals surface area (Å²) in [5, 5.41) is 18.2. The molecule has 0 aromatic heterocycles. The monoisotopic (exact) mass is 294 g/mol. The van der Waals surface area contributed by atoms with Crippen LogP contribution in [0.15, 0.2) is 6.07 Å². The van der Waals surface area contributed by atoms with E-state index < -0.39 is 0 Å². The zero-order valence-corrected chi connectivity index (χ0v) is 11.7. The molecule has 0 amide bonds. The summed E-state index contributed by atoms with van der Waals surface area (Å²) in [5.41, 5.74) is 14.7. The molecule has 0 unspecified atom stereocenters. The fourth-order valence-electron chi connectivity index (χ4n) is 1.82. The van der Waals surface area contributed by atoms with Crippen LogP contribution in [0.25, 0.3) is 0 Å². The average Bonchev–Trinajstić information content (AvgIpc) is 2.28. The molecule has 6 N–H and O–H groups in total. The molecule has 0 aliphatic carbocycles. The molecule has 0 saturated heterocycles. The zero-order valence-electron chi connectivity index (χ0n) is 10.2. The van der Waals surface area contributed by atoms with Crippen LogP contribution in [0.4, 0.5) is 11.4 Å². The molecule has 1 aromatic rings. The minimum absolute atomic E-state index is 0. The van der Waals surface area contributed by atoms with Crippen molar-refractivity contribution in [3.05, 3.63) is 22.2 Å². The number of aliphatic hydroxyl groups excluding tert-OH is 2. The number of benzene rings is 1. The van der Waals surface area contributed by atoms with Gasteiger partial charge in [0.15, 0.2) is 0 Å². The van der Waals surface area contributed by atoms with Crippen molar-refractivity contribution in [3.63, 3.8) is 0 Å². The van der Waals surface area contributed by atoms with E-state index in [1.54, 1.807) is 6.07 Å². The van der Waals surface area contributed by atoms with E-state index in [-0.39, 0.29) is 25.6 Å². The molecule has 0 atom stereocenters. The Morgan fingerprint density at radius 1 is 1.00 bits per heavy atom. The highest BCUT2D eigenvalue weighted by atomic mass is 35.5. The Bertz CT molecular complexity index is 355. The van der Waals surface area contributed by atoms with E-state index in [1.165, 1.54) is 0 Å². The van der Waals surface area contributed by atoms with Crippen molar-refractivity contribution in [1.29, 1.82) is 0 Å². The van der Waals surface area contributed by atoms with Gasteiger partial charge >= 0.3 is 0 Å². The maximum atomic E-state index is 8.83. The molecular formula is C12H20Cl2N2O2. The van der Waals surface area contributed by atoms with Crippen LogP contribution < -0.4 is 11.5 Å². The molecule has 4 nitrogen and oxygen atoms in total. The number of hydrogen-bond acceptors (Lipinski definition) is 4. The van der Waals surface area contributed by atoms with Gasteiger partial charge in [-0.05, 0) is 42.9 Å². The lowest BCUT2D eigenvalue weighted by molar-refractivity contribution is 0.288. The van der Waals surface area contributed by atoms with E-state index >= 15 is 0 Å². The second-order valence-electron chi connectivity index (χ2n) is 3.97. The highest BCUT2D eigenvalue weighted by Gasteiger charge is 2.13. The summed E-state index contributed by atoms with van der Waals surface area (Å²) in [6.45, 7) is 0.208. The van der Waals surface area contributed by atoms with Gasteiger partial charge in [-0.1, -0.05) is 11.6 Å². The number of rotatable bonds is 6. The zero-order chi connectivity index (χ0) is 12.8. The minimum Gasteiger partial charge on any atom is -0.398 e. The Hall–Kier alpha value is -0.680. The van der Waals surface area contributed by atoms with Gasteiger partial charge in [-0.3, -0.25) is 0 Å². The molecule has 0 aliphatic heterocycles. The van der Waals surface area contributed by atoms with Crippen LogP contribution in [0.2, 0.25) is 5.02 Å². The van der Waals surface area contributed by atoms with Crippen molar-refractivity contribution in [3.8, 4) is 0 Å². The molecule has 6 heteroatoms. The molecule has 0 saturated carbocycles. The average molecular weight is 295 g/mol. The summed E-state index contributed by atoms with van der Waals surface area (Å²) in [5.74, 6) is 0. The Balaban J connectivity index is 0.00000289. The van der Waals surface area contributed by atoms with Crippen molar-refractivity contribution >= 4 is 35.4 Å². The third kappa shape index (κ3) is 4.21. The third-order valence-electron chi connectivity index (χ3n) is 2.74. The van der Waals surface area contributed by atoms with Gasteiger partial charge in [0.2, 0.25) is 0 Å². The summed E-state index contributed by atoms with van der Waals surface area (Å²) < 4.78 is 0. The van der Waals surface area contributed by atoms with Gasteiger partial charge in [-0.2, -0.15) is 0 Å². The van der Waals surface area contributed by atoms with E-state index in [1.807, 2.05) is 0 Å². The second-order valence-corrected chi connectivity index (χ2v) is 4.38. The van der Waals surface area contributed by atoms with Gasteiger partial charge in [0, 0.05) is 29.6 Å². The number of hydrogen-bond donors (Lipinski definition) is 4. The van der Waals surface area contributed by atoms with Crippen molar-refractivity contribution in [2.75, 3.05) is 24.7 Å². The van der Waals surface area contributed by atoms with E-state index in [0.717, 1.165) is 11.1 Å². The Morgan fingerprint density at radius 3 is 2.00 bits per heavy atom. The highest BCUT2D eigenvalue weighted by molar-refractivity contribution is 6.32. The van der Waals surface area contributed by atoms with Crippen LogP contribution >= 0.6 is 24.0 Å². The first-order valence-electron chi connectivity index (χ1n) is 5.68. The molecule has 104 valence electrons. The minimum atomic E-state index is 0. The van der Waals surface area contributed by atoms with Crippen molar-refractivity contribution in [2.24, 2.45) is 0 Å². The Morgan fingerprint density at radius 2 is 1.50 bits per heavy atom. The molecule has 1 rings (SSSR count). The third-order valence-corrected chi connectivity index (χ3v) is 3.08. The van der Waals surface area contributed by atoms with Crippen molar-refractivity contribution in [2.45, 2.75) is 25.7 Å². The fraction of sp³-hybridized carbons (Fsp3) is 0.500. The van der Waals surface area contributed by atoms with Gasteiger partial charge < -0.3 is 21.7 Å². The summed E-state index contributed by atoms with van der Waals surface area (Å²) in [7, 11) is 0. The highest BCUT2D eigenvalue weighted by Crippen LogP contribution is 2.32. The molecule has 1 aromatic carbocycles. The molecule has 0 bridgehead atoms. The van der Waals surface area contributed by atoms with Crippen LogP contribution in [0, 0.1) is 0 Å². The first-order chi connectivity index (χ1) is 8.11. The van der Waals surface area contributed by atoms with E-state index in [0.29, 0.717) is 42.1 Å². The van der Waals surface area contributed by atoms with Crippen LogP contribution in [0.5, 0.6) is 0 Å². The predicted octanol–water partition coefficient (Wildman–Crippen LogP) is 1.78. The number of nitrogens with two attached hydrogens (primary N) is 2. The molecule has 0 fully saturated rings. The van der Waals surface area contributed by atoms with E-state index in [9.17, 15) is 0 Å². The van der Waals surface area contributed by atoms with Gasteiger partial charge in [0.1, 0.15) is 0 Å². The quantitative estimate of drug-likeness (QED) is 0.602. The fourth-order valence-corrected chi connectivity index (χ4v) is 2.14. The van der Waals surface area contributed by atoms with Crippen LogP contribution in [-0.4, -0.2) is 23.4 Å². The standard InChI is InChI=1S/C12H19ClN2O2.ClH/c13-10-7-11(14)9(4-2-6-17)12(15)8(10)3-1-5-16;/h7,16-17H,1-6,14-15H2;1H. The van der Waals surface area contributed by atoms with Crippen LogP contribution in [0.1, 0.15) is 24.0 Å². The van der Waals surface area contributed by atoms with Gasteiger partial charge in [0.05, 0.1) is 0 Å². The molecule has 0 heterocycles. The van der Waals surface area contributed by atoms with E-state index in [4.69, 9.17) is 33.3 Å². The number of anilines is 2. The maximum absolute atomic E-state index is 8.83. The lowest BCUT2D eigenvalue weighted by atomic mass is 9.98. The largest absolute Gasteiger partial charge is 0.398 e. The normalized spacial score (nSPS) is 10.2. The van der Waals surface area contributed by atoms with Gasteiger partial charge in [-0.25, -0.2) is 0 Å². The van der Waals surface area contributed by atoms with Crippen molar-refractivity contribution < 1.29 is 10.2 Å². The second kappa shape index (κ2) is 8.43. The molecule has 0 aliphatic rings.